The zero-order valence-corrected chi connectivity index (χ0v) is 16.6. The Bertz CT molecular complexity index is 1210. The summed E-state index contributed by atoms with van der Waals surface area (Å²) in [5, 5.41) is 20.1. The maximum atomic E-state index is 12.5. The van der Waals surface area contributed by atoms with Crippen molar-refractivity contribution in [3.8, 4) is 0 Å². The van der Waals surface area contributed by atoms with Crippen LogP contribution in [-0.2, 0) is 6.54 Å². The third-order valence-electron chi connectivity index (χ3n) is 4.13. The minimum absolute atomic E-state index is 0.184. The van der Waals surface area contributed by atoms with E-state index in [4.69, 9.17) is 0 Å². The van der Waals surface area contributed by atoms with E-state index < -0.39 is 4.92 Å². The summed E-state index contributed by atoms with van der Waals surface area (Å²) in [6.07, 6.45) is 0. The topological polar surface area (TPSA) is 103 Å². The van der Waals surface area contributed by atoms with Gasteiger partial charge in [-0.15, -0.1) is 11.3 Å². The van der Waals surface area contributed by atoms with E-state index in [0.29, 0.717) is 22.2 Å². The van der Waals surface area contributed by atoms with E-state index in [2.05, 4.69) is 15.4 Å². The second kappa shape index (κ2) is 7.13. The summed E-state index contributed by atoms with van der Waals surface area (Å²) in [4.78, 5) is 27.8. The fraction of sp³-hybridized carbons (Fsp3) is 0.167. The van der Waals surface area contributed by atoms with Crippen molar-refractivity contribution in [1.29, 1.82) is 0 Å². The number of thiazole rings is 1. The van der Waals surface area contributed by atoms with E-state index in [9.17, 15) is 14.9 Å². The van der Waals surface area contributed by atoms with Crippen LogP contribution in [0.4, 0.5) is 10.9 Å². The summed E-state index contributed by atoms with van der Waals surface area (Å²) >= 11 is 2.75. The van der Waals surface area contributed by atoms with Crippen LogP contribution < -0.4 is 5.32 Å². The van der Waals surface area contributed by atoms with Crippen LogP contribution in [0.25, 0.3) is 10.2 Å². The fourth-order valence-electron chi connectivity index (χ4n) is 2.74. The Morgan fingerprint density at radius 3 is 2.86 bits per heavy atom. The molecule has 8 nitrogen and oxygen atoms in total. The van der Waals surface area contributed by atoms with Gasteiger partial charge in [0.2, 0.25) is 0 Å². The number of rotatable bonds is 5. The molecule has 4 aromatic rings. The van der Waals surface area contributed by atoms with Gasteiger partial charge in [-0.3, -0.25) is 10.1 Å². The molecule has 0 radical (unpaired) electrons. The molecule has 1 aromatic carbocycles. The normalized spacial score (nSPS) is 11.1. The number of nitrogens with one attached hydrogen (secondary N) is 1. The van der Waals surface area contributed by atoms with Crippen molar-refractivity contribution in [1.82, 2.24) is 14.8 Å². The fourth-order valence-corrected chi connectivity index (χ4v) is 4.49. The minimum atomic E-state index is -0.518. The molecule has 0 saturated heterocycles. The van der Waals surface area contributed by atoms with E-state index in [0.717, 1.165) is 21.3 Å². The summed E-state index contributed by atoms with van der Waals surface area (Å²) in [7, 11) is 0. The number of carbonyl (C=O) groups is 1. The van der Waals surface area contributed by atoms with Crippen LogP contribution in [0.15, 0.2) is 35.7 Å². The molecule has 3 heterocycles. The Labute approximate surface area is 167 Å². The number of aromatic nitrogens is 3. The molecule has 0 saturated carbocycles. The van der Waals surface area contributed by atoms with E-state index in [1.54, 1.807) is 17.7 Å². The number of hydrogen-bond acceptors (Lipinski definition) is 7. The Balaban J connectivity index is 1.48. The number of hydrogen-bond donors (Lipinski definition) is 1. The lowest BCUT2D eigenvalue weighted by atomic mass is 10.2. The van der Waals surface area contributed by atoms with Crippen molar-refractivity contribution in [3.63, 3.8) is 0 Å². The van der Waals surface area contributed by atoms with Gasteiger partial charge >= 0.3 is 5.82 Å². The molecule has 142 valence electrons. The second-order valence-electron chi connectivity index (χ2n) is 6.32. The van der Waals surface area contributed by atoms with Crippen molar-refractivity contribution in [2.24, 2.45) is 0 Å². The Morgan fingerprint density at radius 1 is 1.29 bits per heavy atom. The first-order valence-corrected chi connectivity index (χ1v) is 10.0. The van der Waals surface area contributed by atoms with Gasteiger partial charge in [0, 0.05) is 0 Å². The molecule has 1 N–H and O–H groups in total. The third kappa shape index (κ3) is 3.64. The Kier molecular flexibility index (Phi) is 4.65. The van der Waals surface area contributed by atoms with Crippen molar-refractivity contribution in [2.75, 3.05) is 5.32 Å². The SMILES string of the molecule is Cc1ccc2nc(NC(=O)c3cc(Cn4nc([N+](=O)[O-])cc4C)cs3)sc2c1. The molecule has 0 unspecified atom stereocenters. The first kappa shape index (κ1) is 18.3. The zero-order valence-electron chi connectivity index (χ0n) is 15.0. The van der Waals surface area contributed by atoms with Crippen LogP contribution in [0.1, 0.15) is 26.5 Å². The molecule has 0 bridgehead atoms. The molecule has 0 spiro atoms. The van der Waals surface area contributed by atoms with Crippen LogP contribution in [0, 0.1) is 24.0 Å². The number of nitrogens with zero attached hydrogens (tertiary/aromatic N) is 4. The molecule has 0 atom stereocenters. The van der Waals surface area contributed by atoms with Crippen molar-refractivity contribution < 1.29 is 9.72 Å². The molecule has 4 rings (SSSR count). The largest absolute Gasteiger partial charge is 0.390 e. The number of anilines is 1. The van der Waals surface area contributed by atoms with Crippen molar-refractivity contribution >= 4 is 49.7 Å². The monoisotopic (exact) mass is 413 g/mol. The first-order chi connectivity index (χ1) is 13.4. The zero-order chi connectivity index (χ0) is 19.8. The lowest BCUT2D eigenvalue weighted by molar-refractivity contribution is -0.389. The van der Waals surface area contributed by atoms with Gasteiger partial charge in [0.1, 0.15) is 0 Å². The molecule has 0 aliphatic heterocycles. The average molecular weight is 413 g/mol. The van der Waals surface area contributed by atoms with Gasteiger partial charge in [-0.2, -0.15) is 4.68 Å². The number of carbonyl (C=O) groups excluding carboxylic acids is 1. The van der Waals surface area contributed by atoms with Gasteiger partial charge in [0.25, 0.3) is 5.91 Å². The third-order valence-corrected chi connectivity index (χ3v) is 6.04. The average Bonchev–Trinajstić information content (AvgIpc) is 3.34. The molecule has 0 aliphatic carbocycles. The number of nitro groups is 1. The lowest BCUT2D eigenvalue weighted by Gasteiger charge is -1.98. The number of aryl methyl sites for hydroxylation is 2. The van der Waals surface area contributed by atoms with Gasteiger partial charge in [-0.05, 0) is 53.5 Å². The van der Waals surface area contributed by atoms with Gasteiger partial charge in [0.15, 0.2) is 5.13 Å². The summed E-state index contributed by atoms with van der Waals surface area (Å²) in [6.45, 7) is 4.14. The molecule has 10 heteroatoms. The van der Waals surface area contributed by atoms with E-state index >= 15 is 0 Å². The molecular formula is C18H15N5O3S2. The molecule has 0 fully saturated rings. The van der Waals surface area contributed by atoms with Gasteiger partial charge in [-0.1, -0.05) is 17.4 Å². The van der Waals surface area contributed by atoms with Crippen LogP contribution in [0.2, 0.25) is 0 Å². The molecule has 0 aliphatic rings. The predicted molar refractivity (Wildman–Crippen MR) is 109 cm³/mol. The number of fused-ring (bicyclic) bond motifs is 1. The quantitative estimate of drug-likeness (QED) is 0.386. The van der Waals surface area contributed by atoms with E-state index in [1.165, 1.54) is 28.7 Å². The number of amides is 1. The molecule has 3 aromatic heterocycles. The highest BCUT2D eigenvalue weighted by Crippen LogP contribution is 2.27. The highest BCUT2D eigenvalue weighted by atomic mass is 32.1. The maximum Gasteiger partial charge on any atom is 0.390 e. The van der Waals surface area contributed by atoms with Gasteiger partial charge < -0.3 is 10.1 Å². The van der Waals surface area contributed by atoms with Crippen LogP contribution in [-0.4, -0.2) is 25.6 Å². The summed E-state index contributed by atoms with van der Waals surface area (Å²) in [6, 6.07) is 9.16. The second-order valence-corrected chi connectivity index (χ2v) is 8.26. The van der Waals surface area contributed by atoms with Crippen LogP contribution in [0.3, 0.4) is 0 Å². The maximum absolute atomic E-state index is 12.5. The Hall–Kier alpha value is -3.11. The first-order valence-electron chi connectivity index (χ1n) is 8.34. The summed E-state index contributed by atoms with van der Waals surface area (Å²) in [5.74, 6) is -0.410. The van der Waals surface area contributed by atoms with Crippen molar-refractivity contribution in [3.05, 3.63) is 67.5 Å². The Morgan fingerprint density at radius 2 is 2.11 bits per heavy atom. The molecule has 28 heavy (non-hydrogen) atoms. The smallest absolute Gasteiger partial charge is 0.358 e. The van der Waals surface area contributed by atoms with Gasteiger partial charge in [0.05, 0.1) is 38.5 Å². The van der Waals surface area contributed by atoms with Gasteiger partial charge in [-0.25, -0.2) is 4.98 Å². The highest BCUT2D eigenvalue weighted by Gasteiger charge is 2.17. The van der Waals surface area contributed by atoms with Crippen LogP contribution in [0.5, 0.6) is 0 Å². The van der Waals surface area contributed by atoms with Crippen molar-refractivity contribution in [2.45, 2.75) is 20.4 Å². The molecular weight excluding hydrogens is 398 g/mol. The number of thiophene rings is 1. The predicted octanol–water partition coefficient (Wildman–Crippen LogP) is 4.38. The van der Waals surface area contributed by atoms with E-state index in [1.807, 2.05) is 30.5 Å². The van der Waals surface area contributed by atoms with E-state index in [-0.39, 0.29) is 11.7 Å². The lowest BCUT2D eigenvalue weighted by Crippen LogP contribution is -2.10. The summed E-state index contributed by atoms with van der Waals surface area (Å²) in [5.41, 5.74) is 3.55. The number of benzene rings is 1. The summed E-state index contributed by atoms with van der Waals surface area (Å²) < 4.78 is 2.58. The van der Waals surface area contributed by atoms with Crippen LogP contribution >= 0.6 is 22.7 Å². The molecule has 1 amide bonds. The minimum Gasteiger partial charge on any atom is -0.358 e. The highest BCUT2D eigenvalue weighted by molar-refractivity contribution is 7.22. The standard InChI is InChI=1S/C18H15N5O3S2/c1-10-3-4-13-14(5-10)28-18(19-13)20-17(24)15-7-12(9-27-15)8-22-11(2)6-16(21-22)23(25)26/h3-7,9H,8H2,1-2H3,(H,19,20,24).